The largest absolute Gasteiger partial charge is 0.291 e. The van der Waals surface area contributed by atoms with Crippen LogP contribution in [-0.4, -0.2) is 19.5 Å². The van der Waals surface area contributed by atoms with E-state index in [9.17, 15) is 14.9 Å². The average molecular weight is 302 g/mol. The number of thiazole rings is 1. The SMILES string of the molecule is CCc1nc2s/c(=C\c3cccc([N+](=O)[O-])c3)c(=O)n2n1. The number of nitro benzene ring substituents is 1. The lowest BCUT2D eigenvalue weighted by atomic mass is 10.2. The topological polar surface area (TPSA) is 90.4 Å². The zero-order chi connectivity index (χ0) is 15.0. The molecule has 1 aromatic carbocycles. The van der Waals surface area contributed by atoms with Gasteiger partial charge in [0.15, 0.2) is 5.82 Å². The van der Waals surface area contributed by atoms with Gasteiger partial charge in [0, 0.05) is 18.6 Å². The van der Waals surface area contributed by atoms with Gasteiger partial charge >= 0.3 is 0 Å². The van der Waals surface area contributed by atoms with E-state index in [1.54, 1.807) is 18.2 Å². The maximum atomic E-state index is 12.2. The molecule has 2 heterocycles. The van der Waals surface area contributed by atoms with Crippen LogP contribution in [0.5, 0.6) is 0 Å². The van der Waals surface area contributed by atoms with Gasteiger partial charge in [0.2, 0.25) is 4.96 Å². The molecule has 8 heteroatoms. The van der Waals surface area contributed by atoms with Crippen molar-refractivity contribution in [1.82, 2.24) is 14.6 Å². The molecule has 0 saturated carbocycles. The number of nitrogens with zero attached hydrogens (tertiary/aromatic N) is 4. The van der Waals surface area contributed by atoms with Gasteiger partial charge in [-0.3, -0.25) is 14.9 Å². The van der Waals surface area contributed by atoms with Crippen LogP contribution in [0.25, 0.3) is 11.0 Å². The fourth-order valence-electron chi connectivity index (χ4n) is 1.90. The molecule has 0 aliphatic heterocycles. The van der Waals surface area contributed by atoms with Gasteiger partial charge in [-0.2, -0.15) is 4.52 Å². The summed E-state index contributed by atoms with van der Waals surface area (Å²) in [7, 11) is 0. The van der Waals surface area contributed by atoms with E-state index in [2.05, 4.69) is 10.1 Å². The summed E-state index contributed by atoms with van der Waals surface area (Å²) in [6.45, 7) is 1.92. The van der Waals surface area contributed by atoms with E-state index in [1.165, 1.54) is 28.0 Å². The molecule has 0 radical (unpaired) electrons. The Bertz CT molecular complexity index is 944. The van der Waals surface area contributed by atoms with E-state index in [-0.39, 0.29) is 11.2 Å². The number of rotatable bonds is 3. The average Bonchev–Trinajstić information content (AvgIpc) is 3.00. The molecule has 0 N–H and O–H groups in total. The number of non-ortho nitro benzene ring substituents is 1. The highest BCUT2D eigenvalue weighted by Gasteiger charge is 2.10. The Morgan fingerprint density at radius 1 is 1.48 bits per heavy atom. The van der Waals surface area contributed by atoms with Crippen LogP contribution in [0, 0.1) is 10.1 Å². The molecule has 3 aromatic rings. The van der Waals surface area contributed by atoms with Crippen LogP contribution in [-0.2, 0) is 6.42 Å². The molecular formula is C13H10N4O3S. The van der Waals surface area contributed by atoms with E-state index in [0.717, 1.165) is 0 Å². The molecule has 0 aliphatic rings. The van der Waals surface area contributed by atoms with Gasteiger partial charge in [-0.15, -0.1) is 5.10 Å². The van der Waals surface area contributed by atoms with Crippen LogP contribution in [0.1, 0.15) is 18.3 Å². The van der Waals surface area contributed by atoms with Crippen molar-refractivity contribution in [2.24, 2.45) is 0 Å². The summed E-state index contributed by atoms with van der Waals surface area (Å²) in [6.07, 6.45) is 2.28. The number of aryl methyl sites for hydroxylation is 1. The molecule has 0 aliphatic carbocycles. The molecule has 0 fully saturated rings. The second kappa shape index (κ2) is 5.06. The third kappa shape index (κ3) is 2.40. The second-order valence-corrected chi connectivity index (χ2v) is 5.35. The quantitative estimate of drug-likeness (QED) is 0.535. The number of aromatic nitrogens is 3. The van der Waals surface area contributed by atoms with Crippen LogP contribution in [0.4, 0.5) is 5.69 Å². The summed E-state index contributed by atoms with van der Waals surface area (Å²) in [5.74, 6) is 0.625. The highest BCUT2D eigenvalue weighted by atomic mass is 32.1. The van der Waals surface area contributed by atoms with Gasteiger partial charge in [-0.05, 0) is 11.6 Å². The van der Waals surface area contributed by atoms with E-state index in [0.29, 0.717) is 27.3 Å². The smallest absolute Gasteiger partial charge is 0.266 e. The summed E-state index contributed by atoms with van der Waals surface area (Å²) in [4.78, 5) is 27.2. The van der Waals surface area contributed by atoms with Crippen LogP contribution in [0.15, 0.2) is 29.1 Å². The van der Waals surface area contributed by atoms with Gasteiger partial charge in [-0.1, -0.05) is 30.4 Å². The van der Waals surface area contributed by atoms with E-state index in [1.807, 2.05) is 6.92 Å². The Morgan fingerprint density at radius 3 is 2.95 bits per heavy atom. The van der Waals surface area contributed by atoms with Crippen LogP contribution < -0.4 is 10.1 Å². The molecule has 21 heavy (non-hydrogen) atoms. The zero-order valence-electron chi connectivity index (χ0n) is 11.0. The zero-order valence-corrected chi connectivity index (χ0v) is 11.8. The first kappa shape index (κ1) is 13.4. The Balaban J connectivity index is 2.13. The van der Waals surface area contributed by atoms with Gasteiger partial charge < -0.3 is 0 Å². The molecule has 106 valence electrons. The number of hydrogen-bond donors (Lipinski definition) is 0. The van der Waals surface area contributed by atoms with Crippen LogP contribution >= 0.6 is 11.3 Å². The molecule has 0 spiro atoms. The number of hydrogen-bond acceptors (Lipinski definition) is 6. The van der Waals surface area contributed by atoms with Gasteiger partial charge in [0.25, 0.3) is 11.2 Å². The summed E-state index contributed by atoms with van der Waals surface area (Å²) in [5.41, 5.74) is 0.333. The summed E-state index contributed by atoms with van der Waals surface area (Å²) < 4.78 is 1.72. The molecule has 3 rings (SSSR count). The molecule has 0 amide bonds. The Kier molecular flexibility index (Phi) is 3.22. The van der Waals surface area contributed by atoms with Crippen molar-refractivity contribution >= 4 is 28.1 Å². The van der Waals surface area contributed by atoms with Crippen LogP contribution in [0.2, 0.25) is 0 Å². The minimum Gasteiger partial charge on any atom is -0.266 e. The van der Waals surface area contributed by atoms with E-state index >= 15 is 0 Å². The first-order valence-electron chi connectivity index (χ1n) is 6.23. The Morgan fingerprint density at radius 2 is 2.29 bits per heavy atom. The summed E-state index contributed by atoms with van der Waals surface area (Å²) >= 11 is 1.22. The lowest BCUT2D eigenvalue weighted by Crippen LogP contribution is -2.23. The predicted octanol–water partition coefficient (Wildman–Crippen LogP) is 1.17. The van der Waals surface area contributed by atoms with Crippen LogP contribution in [0.3, 0.4) is 0 Å². The lowest BCUT2D eigenvalue weighted by molar-refractivity contribution is -0.384. The molecule has 0 saturated heterocycles. The van der Waals surface area contributed by atoms with Gasteiger partial charge in [-0.25, -0.2) is 4.98 Å². The lowest BCUT2D eigenvalue weighted by Gasteiger charge is -1.92. The number of nitro groups is 1. The van der Waals surface area contributed by atoms with Crippen molar-refractivity contribution in [2.45, 2.75) is 13.3 Å². The van der Waals surface area contributed by atoms with Crippen molar-refractivity contribution in [3.63, 3.8) is 0 Å². The summed E-state index contributed by atoms with van der Waals surface area (Å²) in [5, 5.41) is 14.9. The molecule has 0 unspecified atom stereocenters. The molecule has 0 atom stereocenters. The highest BCUT2D eigenvalue weighted by Crippen LogP contribution is 2.13. The monoisotopic (exact) mass is 302 g/mol. The fraction of sp³-hybridized carbons (Fsp3) is 0.154. The van der Waals surface area contributed by atoms with E-state index < -0.39 is 4.92 Å². The number of benzene rings is 1. The standard InChI is InChI=1S/C13H10N4O3S/c1-2-11-14-13-16(15-11)12(18)10(21-13)7-8-4-3-5-9(6-8)17(19)20/h3-7H,2H2,1H3/b10-7-. The fourth-order valence-corrected chi connectivity index (χ4v) is 2.83. The summed E-state index contributed by atoms with van der Waals surface area (Å²) in [6, 6.07) is 6.12. The third-order valence-corrected chi connectivity index (χ3v) is 3.88. The molecule has 7 nitrogen and oxygen atoms in total. The minimum absolute atomic E-state index is 0.0103. The van der Waals surface area contributed by atoms with Crippen molar-refractivity contribution in [2.75, 3.05) is 0 Å². The number of fused-ring (bicyclic) bond motifs is 1. The third-order valence-electron chi connectivity index (χ3n) is 2.92. The van der Waals surface area contributed by atoms with Gasteiger partial charge in [0.05, 0.1) is 9.46 Å². The van der Waals surface area contributed by atoms with E-state index in [4.69, 9.17) is 0 Å². The maximum Gasteiger partial charge on any atom is 0.291 e. The molecular weight excluding hydrogens is 292 g/mol. The normalized spacial score (nSPS) is 12.1. The molecule has 0 bridgehead atoms. The highest BCUT2D eigenvalue weighted by molar-refractivity contribution is 7.15. The van der Waals surface area contributed by atoms with Crippen molar-refractivity contribution in [1.29, 1.82) is 0 Å². The van der Waals surface area contributed by atoms with Gasteiger partial charge in [0.1, 0.15) is 0 Å². The Labute approximate surface area is 122 Å². The maximum absolute atomic E-state index is 12.2. The second-order valence-electron chi connectivity index (χ2n) is 4.34. The van der Waals surface area contributed by atoms with Crippen molar-refractivity contribution in [3.05, 3.63) is 60.7 Å². The Hall–Kier alpha value is -2.61. The first-order valence-corrected chi connectivity index (χ1v) is 7.05. The molecule has 2 aromatic heterocycles. The first-order chi connectivity index (χ1) is 10.1. The minimum atomic E-state index is -0.467. The van der Waals surface area contributed by atoms with Crippen molar-refractivity contribution in [3.8, 4) is 0 Å². The van der Waals surface area contributed by atoms with Crippen molar-refractivity contribution < 1.29 is 4.92 Å². The predicted molar refractivity (Wildman–Crippen MR) is 78.4 cm³/mol.